The third-order valence-electron chi connectivity index (χ3n) is 1.70. The van der Waals surface area contributed by atoms with E-state index in [4.69, 9.17) is 23.2 Å². The minimum absolute atomic E-state index is 0.663. The molecule has 0 saturated heterocycles. The van der Waals surface area contributed by atoms with Crippen LogP contribution in [0.2, 0.25) is 10.0 Å². The standard InChI is InChI=1S/C10H5Cl2/c11-8-5-4-7-2-1-3-10(12)9(7)6-8/h1-3,5-6H. The fraction of sp³-hybridized carbons (Fsp3) is 0. The van der Waals surface area contributed by atoms with Crippen molar-refractivity contribution >= 4 is 34.0 Å². The van der Waals surface area contributed by atoms with Crippen molar-refractivity contribution in [1.29, 1.82) is 0 Å². The Kier molecular flexibility index (Phi) is 1.95. The summed E-state index contributed by atoms with van der Waals surface area (Å²) in [5.74, 6) is 0. The molecule has 0 amide bonds. The summed E-state index contributed by atoms with van der Waals surface area (Å²) in [6, 6.07) is 12.3. The molecule has 1 radical (unpaired) electrons. The van der Waals surface area contributed by atoms with Crippen LogP contribution >= 0.6 is 23.2 Å². The molecule has 0 aliphatic carbocycles. The first kappa shape index (κ1) is 7.90. The van der Waals surface area contributed by atoms with Crippen LogP contribution in [0.4, 0.5) is 0 Å². The third kappa shape index (κ3) is 1.28. The molecule has 59 valence electrons. The molecule has 0 nitrogen and oxygen atoms in total. The van der Waals surface area contributed by atoms with Crippen molar-refractivity contribution in [3.8, 4) is 0 Å². The van der Waals surface area contributed by atoms with Gasteiger partial charge < -0.3 is 0 Å². The van der Waals surface area contributed by atoms with Gasteiger partial charge in [-0.3, -0.25) is 0 Å². The smallest absolute Gasteiger partial charge is 0.0485 e. The summed E-state index contributed by atoms with van der Waals surface area (Å²) in [6.45, 7) is 0. The number of halogens is 2. The molecule has 2 heteroatoms. The molecule has 0 heterocycles. The molecule has 0 fully saturated rings. The minimum Gasteiger partial charge on any atom is -0.0843 e. The largest absolute Gasteiger partial charge is 0.0843 e. The zero-order chi connectivity index (χ0) is 8.55. The summed E-state index contributed by atoms with van der Waals surface area (Å²) in [6.07, 6.45) is 0. The van der Waals surface area contributed by atoms with Crippen LogP contribution in [0, 0.1) is 6.07 Å². The lowest BCUT2D eigenvalue weighted by Gasteiger charge is -1.98. The van der Waals surface area contributed by atoms with E-state index in [-0.39, 0.29) is 0 Å². The van der Waals surface area contributed by atoms with Crippen LogP contribution in [0.15, 0.2) is 30.3 Å². The summed E-state index contributed by atoms with van der Waals surface area (Å²) < 4.78 is 0. The first-order valence-corrected chi connectivity index (χ1v) is 4.28. The van der Waals surface area contributed by atoms with E-state index in [0.29, 0.717) is 10.0 Å². The lowest BCUT2D eigenvalue weighted by atomic mass is 10.1. The van der Waals surface area contributed by atoms with Crippen molar-refractivity contribution in [2.75, 3.05) is 0 Å². The highest BCUT2D eigenvalue weighted by molar-refractivity contribution is 6.36. The van der Waals surface area contributed by atoms with Crippen LogP contribution in [0.3, 0.4) is 0 Å². The van der Waals surface area contributed by atoms with Gasteiger partial charge in [0, 0.05) is 15.4 Å². The first-order valence-electron chi connectivity index (χ1n) is 3.53. The van der Waals surface area contributed by atoms with Gasteiger partial charge in [0.05, 0.1) is 0 Å². The second-order valence-corrected chi connectivity index (χ2v) is 3.36. The Hall–Kier alpha value is -0.720. The molecule has 2 aromatic carbocycles. The molecule has 12 heavy (non-hydrogen) atoms. The van der Waals surface area contributed by atoms with E-state index >= 15 is 0 Å². The predicted octanol–water partition coefficient (Wildman–Crippen LogP) is 3.95. The molecule has 0 unspecified atom stereocenters. The van der Waals surface area contributed by atoms with Gasteiger partial charge in [0.25, 0.3) is 0 Å². The van der Waals surface area contributed by atoms with Gasteiger partial charge in [-0.05, 0) is 29.7 Å². The normalized spacial score (nSPS) is 10.5. The molecule has 0 aromatic heterocycles. The summed E-state index contributed by atoms with van der Waals surface area (Å²) in [4.78, 5) is 0. The van der Waals surface area contributed by atoms with Crippen molar-refractivity contribution < 1.29 is 0 Å². The van der Waals surface area contributed by atoms with Gasteiger partial charge >= 0.3 is 0 Å². The molecule has 0 atom stereocenters. The van der Waals surface area contributed by atoms with E-state index in [1.54, 1.807) is 6.07 Å². The lowest BCUT2D eigenvalue weighted by Crippen LogP contribution is -1.73. The minimum atomic E-state index is 0.663. The Bertz CT molecular complexity index is 421. The highest BCUT2D eigenvalue weighted by Crippen LogP contribution is 2.25. The van der Waals surface area contributed by atoms with Crippen LogP contribution < -0.4 is 0 Å². The molecule has 0 bridgehead atoms. The molecule has 0 spiro atoms. The molecule has 2 aromatic rings. The van der Waals surface area contributed by atoms with Crippen molar-refractivity contribution in [2.45, 2.75) is 0 Å². The van der Waals surface area contributed by atoms with E-state index in [1.165, 1.54) is 0 Å². The van der Waals surface area contributed by atoms with Gasteiger partial charge in [-0.15, -0.1) is 0 Å². The van der Waals surface area contributed by atoms with Gasteiger partial charge in [-0.25, -0.2) is 0 Å². The molecule has 0 saturated carbocycles. The van der Waals surface area contributed by atoms with Crippen molar-refractivity contribution in [1.82, 2.24) is 0 Å². The lowest BCUT2D eigenvalue weighted by molar-refractivity contribution is 1.73. The molecule has 0 N–H and O–H groups in total. The monoisotopic (exact) mass is 195 g/mol. The molecular weight excluding hydrogens is 191 g/mol. The zero-order valence-corrected chi connectivity index (χ0v) is 7.65. The molecule has 0 aliphatic heterocycles. The number of fused-ring (bicyclic) bond motifs is 1. The maximum absolute atomic E-state index is 5.95. The number of benzene rings is 2. The Morgan fingerprint density at radius 1 is 1.17 bits per heavy atom. The highest BCUT2D eigenvalue weighted by Gasteiger charge is 1.98. The molecule has 2 rings (SSSR count). The number of hydrogen-bond acceptors (Lipinski definition) is 0. The average Bonchev–Trinajstić information content (AvgIpc) is 2.07. The highest BCUT2D eigenvalue weighted by atomic mass is 35.5. The van der Waals surface area contributed by atoms with Crippen LogP contribution in [-0.4, -0.2) is 0 Å². The van der Waals surface area contributed by atoms with Gasteiger partial charge in [0.1, 0.15) is 0 Å². The third-order valence-corrected chi connectivity index (χ3v) is 2.25. The van der Waals surface area contributed by atoms with E-state index < -0.39 is 0 Å². The number of hydrogen-bond donors (Lipinski definition) is 0. The predicted molar refractivity (Wildman–Crippen MR) is 52.8 cm³/mol. The van der Waals surface area contributed by atoms with E-state index in [1.807, 2.05) is 24.3 Å². The Morgan fingerprint density at radius 2 is 2.00 bits per heavy atom. The maximum atomic E-state index is 5.95. The topological polar surface area (TPSA) is 0 Å². The van der Waals surface area contributed by atoms with Crippen molar-refractivity contribution in [2.24, 2.45) is 0 Å². The van der Waals surface area contributed by atoms with Crippen LogP contribution in [0.1, 0.15) is 0 Å². The summed E-state index contributed by atoms with van der Waals surface area (Å²) in [5, 5.41) is 3.32. The van der Waals surface area contributed by atoms with Crippen molar-refractivity contribution in [3.05, 3.63) is 46.4 Å². The van der Waals surface area contributed by atoms with Gasteiger partial charge in [-0.2, -0.15) is 0 Å². The zero-order valence-electron chi connectivity index (χ0n) is 6.14. The second kappa shape index (κ2) is 2.96. The van der Waals surface area contributed by atoms with E-state index in [9.17, 15) is 0 Å². The quantitative estimate of drug-likeness (QED) is 0.598. The second-order valence-electron chi connectivity index (χ2n) is 2.52. The molecular formula is C10H5Cl2. The molecule has 0 aliphatic rings. The Labute approximate surface area is 80.7 Å². The Balaban J connectivity index is 2.88. The fourth-order valence-corrected chi connectivity index (χ4v) is 1.53. The summed E-state index contributed by atoms with van der Waals surface area (Å²) in [5.41, 5.74) is 0. The van der Waals surface area contributed by atoms with Gasteiger partial charge in [-0.1, -0.05) is 35.3 Å². The Morgan fingerprint density at radius 3 is 2.83 bits per heavy atom. The van der Waals surface area contributed by atoms with Crippen LogP contribution in [0.25, 0.3) is 10.8 Å². The summed E-state index contributed by atoms with van der Waals surface area (Å²) >= 11 is 11.8. The van der Waals surface area contributed by atoms with Crippen molar-refractivity contribution in [3.63, 3.8) is 0 Å². The van der Waals surface area contributed by atoms with E-state index in [2.05, 4.69) is 6.07 Å². The number of rotatable bonds is 0. The maximum Gasteiger partial charge on any atom is 0.0485 e. The SMILES string of the molecule is Clc1c[c]c2cccc(Cl)c2c1. The van der Waals surface area contributed by atoms with Crippen LogP contribution in [-0.2, 0) is 0 Å². The average molecular weight is 196 g/mol. The van der Waals surface area contributed by atoms with E-state index in [0.717, 1.165) is 10.8 Å². The first-order chi connectivity index (χ1) is 5.77. The fourth-order valence-electron chi connectivity index (χ4n) is 1.14. The van der Waals surface area contributed by atoms with Gasteiger partial charge in [0.2, 0.25) is 0 Å². The van der Waals surface area contributed by atoms with Gasteiger partial charge in [0.15, 0.2) is 0 Å². The summed E-state index contributed by atoms with van der Waals surface area (Å²) in [7, 11) is 0. The van der Waals surface area contributed by atoms with Crippen LogP contribution in [0.5, 0.6) is 0 Å².